The van der Waals surface area contributed by atoms with Crippen LogP contribution >= 0.6 is 0 Å². The third-order valence-corrected chi connectivity index (χ3v) is 7.76. The fourth-order valence-corrected chi connectivity index (χ4v) is 6.26. The van der Waals surface area contributed by atoms with Crippen LogP contribution in [0.25, 0.3) is 76.1 Å². The average molecular weight is 455 g/mol. The Morgan fingerprint density at radius 2 is 0.917 bits per heavy atom. The van der Waals surface area contributed by atoms with Crippen LogP contribution in [-0.2, 0) is 0 Å². The van der Waals surface area contributed by atoms with Crippen LogP contribution in [0.5, 0.6) is 0 Å². The Kier molecular flexibility index (Phi) is 4.03. The van der Waals surface area contributed by atoms with Crippen molar-refractivity contribution < 1.29 is 0 Å². The maximum absolute atomic E-state index is 2.41. The van der Waals surface area contributed by atoms with Crippen molar-refractivity contribution >= 4 is 53.9 Å². The van der Waals surface area contributed by atoms with E-state index in [0.717, 1.165) is 0 Å². The second-order valence-electron chi connectivity index (χ2n) is 9.68. The Hall–Kier alpha value is -4.68. The molecule has 0 aliphatic carbocycles. The van der Waals surface area contributed by atoms with Gasteiger partial charge in [0, 0.05) is 0 Å². The lowest BCUT2D eigenvalue weighted by Gasteiger charge is -2.22. The summed E-state index contributed by atoms with van der Waals surface area (Å²) in [5.41, 5.74) is 5.09. The van der Waals surface area contributed by atoms with Crippen molar-refractivity contribution in [2.24, 2.45) is 0 Å². The van der Waals surface area contributed by atoms with Crippen LogP contribution in [0.4, 0.5) is 0 Å². The van der Waals surface area contributed by atoms with Gasteiger partial charge in [0.25, 0.3) is 0 Å². The molecule has 0 heteroatoms. The van der Waals surface area contributed by atoms with Crippen molar-refractivity contribution in [3.8, 4) is 22.3 Å². The number of benzene rings is 8. The lowest BCUT2D eigenvalue weighted by molar-refractivity contribution is 1.62. The van der Waals surface area contributed by atoms with Crippen LogP contribution in [0.3, 0.4) is 0 Å². The number of fused-ring (bicyclic) bond motifs is 5. The van der Waals surface area contributed by atoms with Crippen LogP contribution < -0.4 is 0 Å². The van der Waals surface area contributed by atoms with Gasteiger partial charge in [0.05, 0.1) is 0 Å². The molecule has 0 radical (unpaired) electrons. The molecule has 0 aromatic heterocycles. The normalized spacial score (nSPS) is 11.9. The van der Waals surface area contributed by atoms with Crippen LogP contribution in [0.15, 0.2) is 133 Å². The van der Waals surface area contributed by atoms with E-state index in [1.165, 1.54) is 76.1 Å². The Morgan fingerprint density at radius 3 is 1.75 bits per heavy atom. The van der Waals surface area contributed by atoms with Gasteiger partial charge in [-0.25, -0.2) is 0 Å². The lowest BCUT2D eigenvalue weighted by atomic mass is 9.81. The molecule has 0 bridgehead atoms. The first-order valence-electron chi connectivity index (χ1n) is 12.5. The molecular formula is C36H22. The Bertz CT molecular complexity index is 2070. The zero-order chi connectivity index (χ0) is 23.6. The van der Waals surface area contributed by atoms with Gasteiger partial charge in [0.2, 0.25) is 0 Å². The third kappa shape index (κ3) is 2.64. The molecule has 0 unspecified atom stereocenters. The summed E-state index contributed by atoms with van der Waals surface area (Å²) in [7, 11) is 0. The molecule has 8 rings (SSSR count). The largest absolute Gasteiger partial charge is 0.0622 e. The van der Waals surface area contributed by atoms with Crippen molar-refractivity contribution in [1.82, 2.24) is 0 Å². The second kappa shape index (κ2) is 7.41. The molecule has 0 saturated carbocycles. The van der Waals surface area contributed by atoms with Gasteiger partial charge < -0.3 is 0 Å². The quantitative estimate of drug-likeness (QED) is 0.180. The highest BCUT2D eigenvalue weighted by Gasteiger charge is 2.21. The van der Waals surface area contributed by atoms with E-state index in [9.17, 15) is 0 Å². The maximum atomic E-state index is 2.41. The molecule has 36 heavy (non-hydrogen) atoms. The van der Waals surface area contributed by atoms with Gasteiger partial charge in [-0.2, -0.15) is 0 Å². The molecule has 166 valence electrons. The van der Waals surface area contributed by atoms with E-state index >= 15 is 0 Å². The van der Waals surface area contributed by atoms with Crippen molar-refractivity contribution in [1.29, 1.82) is 0 Å². The highest BCUT2D eigenvalue weighted by Crippen LogP contribution is 2.49. The summed E-state index contributed by atoms with van der Waals surface area (Å²) in [5, 5.41) is 13.3. The van der Waals surface area contributed by atoms with Crippen molar-refractivity contribution in [2.45, 2.75) is 0 Å². The van der Waals surface area contributed by atoms with E-state index < -0.39 is 0 Å². The van der Waals surface area contributed by atoms with E-state index in [0.29, 0.717) is 0 Å². The predicted molar refractivity (Wildman–Crippen MR) is 156 cm³/mol. The Labute approximate surface area is 209 Å². The number of rotatable bonds is 2. The van der Waals surface area contributed by atoms with Gasteiger partial charge in [0.15, 0.2) is 0 Å². The minimum atomic E-state index is 1.25. The minimum absolute atomic E-state index is 1.25. The first kappa shape index (κ1) is 19.6. The van der Waals surface area contributed by atoms with Gasteiger partial charge in [-0.1, -0.05) is 127 Å². The summed E-state index contributed by atoms with van der Waals surface area (Å²) in [4.78, 5) is 0. The maximum Gasteiger partial charge on any atom is -0.000161 e. The molecule has 8 aromatic rings. The van der Waals surface area contributed by atoms with E-state index in [1.54, 1.807) is 0 Å². The molecule has 0 amide bonds. The van der Waals surface area contributed by atoms with Gasteiger partial charge in [0.1, 0.15) is 0 Å². The van der Waals surface area contributed by atoms with Crippen molar-refractivity contribution in [3.63, 3.8) is 0 Å². The zero-order valence-corrected chi connectivity index (χ0v) is 19.7. The molecule has 8 aromatic carbocycles. The molecule has 0 spiro atoms. The first-order chi connectivity index (χ1) is 17.9. The molecule has 0 aliphatic rings. The summed E-state index contributed by atoms with van der Waals surface area (Å²) >= 11 is 0. The van der Waals surface area contributed by atoms with E-state index in [-0.39, 0.29) is 0 Å². The molecule has 0 heterocycles. The summed E-state index contributed by atoms with van der Waals surface area (Å²) in [6.07, 6.45) is 0. The molecule has 0 atom stereocenters. The molecule has 0 nitrogen and oxygen atoms in total. The van der Waals surface area contributed by atoms with Crippen LogP contribution in [0, 0.1) is 0 Å². The molecule has 0 aliphatic heterocycles. The molecular weight excluding hydrogens is 432 g/mol. The number of hydrogen-bond acceptors (Lipinski definition) is 0. The highest BCUT2D eigenvalue weighted by atomic mass is 14.2. The second-order valence-corrected chi connectivity index (χ2v) is 9.68. The fraction of sp³-hybridized carbons (Fsp3) is 0. The third-order valence-electron chi connectivity index (χ3n) is 7.76. The number of hydrogen-bond donors (Lipinski definition) is 0. The standard InChI is InChI=1S/C36H22/c1-3-10-23(11-4-1)31-22-27-19-18-26-15-9-17-29-30-21-20-24-12-7-8-16-28(24)35(30)36(34(27)32(26)29)33(31)25-13-5-2-6-14-25/h1-22H. The van der Waals surface area contributed by atoms with Crippen LogP contribution in [0.2, 0.25) is 0 Å². The smallest absolute Gasteiger partial charge is 0.000161 e. The van der Waals surface area contributed by atoms with Crippen molar-refractivity contribution in [3.05, 3.63) is 133 Å². The fourth-order valence-electron chi connectivity index (χ4n) is 6.26. The van der Waals surface area contributed by atoms with E-state index in [1.807, 2.05) is 0 Å². The molecule has 0 fully saturated rings. The monoisotopic (exact) mass is 454 g/mol. The first-order valence-corrected chi connectivity index (χ1v) is 12.5. The van der Waals surface area contributed by atoms with E-state index in [2.05, 4.69) is 133 Å². The summed E-state index contributed by atoms with van der Waals surface area (Å²) in [5.74, 6) is 0. The average Bonchev–Trinajstić information content (AvgIpc) is 2.96. The summed E-state index contributed by atoms with van der Waals surface area (Å²) < 4.78 is 0. The highest BCUT2D eigenvalue weighted by molar-refractivity contribution is 6.40. The van der Waals surface area contributed by atoms with Crippen molar-refractivity contribution in [2.75, 3.05) is 0 Å². The Morgan fingerprint density at radius 1 is 0.306 bits per heavy atom. The summed E-state index contributed by atoms with van der Waals surface area (Å²) in [6.45, 7) is 0. The van der Waals surface area contributed by atoms with Gasteiger partial charge in [-0.15, -0.1) is 0 Å². The topological polar surface area (TPSA) is 0 Å². The van der Waals surface area contributed by atoms with E-state index in [4.69, 9.17) is 0 Å². The SMILES string of the molecule is c1ccc(-c2cc3ccc4cccc5c6ccc7ccccc7c6c(c2-c2ccccc2)c3c45)cc1. The predicted octanol–water partition coefficient (Wildman–Crippen LogP) is 10.2. The summed E-state index contributed by atoms with van der Waals surface area (Å²) in [6, 6.07) is 49.0. The lowest BCUT2D eigenvalue weighted by Crippen LogP contribution is -1.94. The zero-order valence-electron chi connectivity index (χ0n) is 19.7. The van der Waals surface area contributed by atoms with Gasteiger partial charge in [-0.05, 0) is 82.2 Å². The van der Waals surface area contributed by atoms with Crippen LogP contribution in [0.1, 0.15) is 0 Å². The van der Waals surface area contributed by atoms with Gasteiger partial charge >= 0.3 is 0 Å². The molecule has 0 saturated heterocycles. The Balaban J connectivity index is 1.77. The molecule has 0 N–H and O–H groups in total. The van der Waals surface area contributed by atoms with Crippen LogP contribution in [-0.4, -0.2) is 0 Å². The van der Waals surface area contributed by atoms with Gasteiger partial charge in [-0.3, -0.25) is 0 Å². The minimum Gasteiger partial charge on any atom is -0.0622 e.